The summed E-state index contributed by atoms with van der Waals surface area (Å²) in [5, 5.41) is 14.4. The maximum atomic E-state index is 10.3. The Hall–Kier alpha value is -1.72. The first-order chi connectivity index (χ1) is 10.9. The van der Waals surface area contributed by atoms with Gasteiger partial charge in [0, 0.05) is 6.61 Å². The molecule has 0 radical (unpaired) electrons. The lowest BCUT2D eigenvalue weighted by atomic mass is 9.81. The third kappa shape index (κ3) is 3.62. The van der Waals surface area contributed by atoms with Crippen molar-refractivity contribution in [1.29, 1.82) is 0 Å². The van der Waals surface area contributed by atoms with Gasteiger partial charge in [-0.2, -0.15) is 4.98 Å². The Labute approximate surface area is 136 Å². The van der Waals surface area contributed by atoms with E-state index in [1.165, 1.54) is 0 Å². The van der Waals surface area contributed by atoms with Gasteiger partial charge >= 0.3 is 0 Å². The molecule has 23 heavy (non-hydrogen) atoms. The van der Waals surface area contributed by atoms with Crippen LogP contribution in [0.25, 0.3) is 0 Å². The number of hydrogen-bond acceptors (Lipinski definition) is 5. The molecule has 1 N–H and O–H groups in total. The van der Waals surface area contributed by atoms with E-state index < -0.39 is 6.10 Å². The predicted octanol–water partition coefficient (Wildman–Crippen LogP) is 3.26. The van der Waals surface area contributed by atoms with Crippen molar-refractivity contribution in [2.24, 2.45) is 5.41 Å². The van der Waals surface area contributed by atoms with Crippen LogP contribution in [0.4, 0.5) is 0 Å². The molecule has 1 aromatic heterocycles. The molecule has 0 aliphatic carbocycles. The Morgan fingerprint density at radius 3 is 2.70 bits per heavy atom. The first kappa shape index (κ1) is 16.1. The van der Waals surface area contributed by atoms with Gasteiger partial charge in [0.2, 0.25) is 5.89 Å². The summed E-state index contributed by atoms with van der Waals surface area (Å²) >= 11 is 0. The lowest BCUT2D eigenvalue weighted by Gasteiger charge is -2.29. The van der Waals surface area contributed by atoms with Crippen LogP contribution < -0.4 is 0 Å². The quantitative estimate of drug-likeness (QED) is 0.937. The van der Waals surface area contributed by atoms with Crippen LogP contribution in [-0.2, 0) is 11.2 Å². The van der Waals surface area contributed by atoms with E-state index in [1.54, 1.807) is 0 Å². The Bertz CT molecular complexity index is 633. The molecule has 0 bridgehead atoms. The second-order valence-electron chi connectivity index (χ2n) is 7.23. The second kappa shape index (κ2) is 6.42. The zero-order valence-electron chi connectivity index (χ0n) is 13.9. The predicted molar refractivity (Wildman–Crippen MR) is 86.0 cm³/mol. The van der Waals surface area contributed by atoms with Gasteiger partial charge in [0.25, 0.3) is 0 Å². The SMILES string of the molecule is CC(C)(C)[C@H]1OCC[C@@H]1c1noc(C[C@@H](O)c2ccccc2)n1. The lowest BCUT2D eigenvalue weighted by molar-refractivity contribution is 0.0193. The highest BCUT2D eigenvalue weighted by Crippen LogP contribution is 2.39. The summed E-state index contributed by atoms with van der Waals surface area (Å²) in [6.45, 7) is 7.21. The van der Waals surface area contributed by atoms with E-state index in [-0.39, 0.29) is 17.4 Å². The summed E-state index contributed by atoms with van der Waals surface area (Å²) in [5.74, 6) is 1.31. The molecule has 3 rings (SSSR count). The van der Waals surface area contributed by atoms with E-state index in [2.05, 4.69) is 30.9 Å². The summed E-state index contributed by atoms with van der Waals surface area (Å²) < 4.78 is 11.2. The van der Waals surface area contributed by atoms with Crippen LogP contribution in [0.15, 0.2) is 34.9 Å². The highest BCUT2D eigenvalue weighted by molar-refractivity contribution is 5.18. The molecule has 1 fully saturated rings. The number of aliphatic hydroxyl groups is 1. The van der Waals surface area contributed by atoms with Crippen molar-refractivity contribution in [3.8, 4) is 0 Å². The molecule has 1 aliphatic rings. The van der Waals surface area contributed by atoms with Gasteiger partial charge in [-0.25, -0.2) is 0 Å². The number of benzene rings is 1. The van der Waals surface area contributed by atoms with E-state index in [0.717, 1.165) is 18.6 Å². The summed E-state index contributed by atoms with van der Waals surface area (Å²) in [5.41, 5.74) is 0.884. The Morgan fingerprint density at radius 2 is 2.00 bits per heavy atom. The van der Waals surface area contributed by atoms with Gasteiger partial charge in [-0.3, -0.25) is 0 Å². The molecule has 2 aromatic rings. The smallest absolute Gasteiger partial charge is 0.229 e. The largest absolute Gasteiger partial charge is 0.388 e. The molecule has 0 amide bonds. The fraction of sp³-hybridized carbons (Fsp3) is 0.556. The topological polar surface area (TPSA) is 68.4 Å². The van der Waals surface area contributed by atoms with Gasteiger partial charge in [-0.05, 0) is 17.4 Å². The van der Waals surface area contributed by atoms with Gasteiger partial charge in [-0.1, -0.05) is 56.3 Å². The van der Waals surface area contributed by atoms with Gasteiger partial charge in [0.15, 0.2) is 5.82 Å². The Morgan fingerprint density at radius 1 is 1.26 bits per heavy atom. The number of hydrogen-bond donors (Lipinski definition) is 1. The molecule has 1 saturated heterocycles. The van der Waals surface area contributed by atoms with Crippen LogP contribution in [0, 0.1) is 5.41 Å². The van der Waals surface area contributed by atoms with Gasteiger partial charge in [-0.15, -0.1) is 0 Å². The molecule has 5 heteroatoms. The second-order valence-corrected chi connectivity index (χ2v) is 7.23. The molecule has 124 valence electrons. The summed E-state index contributed by atoms with van der Waals surface area (Å²) in [6, 6.07) is 9.52. The zero-order valence-corrected chi connectivity index (χ0v) is 13.9. The van der Waals surface area contributed by atoms with Crippen molar-refractivity contribution in [2.75, 3.05) is 6.61 Å². The molecule has 2 heterocycles. The molecule has 1 aliphatic heterocycles. The van der Waals surface area contributed by atoms with E-state index in [0.29, 0.717) is 18.1 Å². The van der Waals surface area contributed by atoms with E-state index in [9.17, 15) is 5.11 Å². The summed E-state index contributed by atoms with van der Waals surface area (Å²) in [7, 11) is 0. The fourth-order valence-corrected chi connectivity index (χ4v) is 3.17. The van der Waals surface area contributed by atoms with Crippen molar-refractivity contribution in [2.45, 2.75) is 51.7 Å². The maximum absolute atomic E-state index is 10.3. The first-order valence-corrected chi connectivity index (χ1v) is 8.12. The molecule has 0 unspecified atom stereocenters. The van der Waals surface area contributed by atoms with Crippen molar-refractivity contribution in [3.05, 3.63) is 47.6 Å². The molecule has 5 nitrogen and oxygen atoms in total. The molecular formula is C18H24N2O3. The monoisotopic (exact) mass is 316 g/mol. The third-order valence-electron chi connectivity index (χ3n) is 4.31. The number of nitrogens with zero attached hydrogens (tertiary/aromatic N) is 2. The average Bonchev–Trinajstić information content (AvgIpc) is 3.15. The Balaban J connectivity index is 1.71. The van der Waals surface area contributed by atoms with Gasteiger partial charge in [0.1, 0.15) is 0 Å². The third-order valence-corrected chi connectivity index (χ3v) is 4.31. The number of ether oxygens (including phenoxy) is 1. The van der Waals surface area contributed by atoms with Crippen molar-refractivity contribution in [1.82, 2.24) is 10.1 Å². The zero-order chi connectivity index (χ0) is 16.4. The lowest BCUT2D eigenvalue weighted by Crippen LogP contribution is -2.30. The Kier molecular flexibility index (Phi) is 4.50. The molecule has 3 atom stereocenters. The molecule has 1 aromatic carbocycles. The highest BCUT2D eigenvalue weighted by Gasteiger charge is 2.40. The molecular weight excluding hydrogens is 292 g/mol. The summed E-state index contributed by atoms with van der Waals surface area (Å²) in [6.07, 6.45) is 0.683. The minimum Gasteiger partial charge on any atom is -0.388 e. The number of aromatic nitrogens is 2. The van der Waals surface area contributed by atoms with Crippen LogP contribution in [-0.4, -0.2) is 28.0 Å². The van der Waals surface area contributed by atoms with E-state index in [1.807, 2.05) is 30.3 Å². The first-order valence-electron chi connectivity index (χ1n) is 8.12. The van der Waals surface area contributed by atoms with Crippen LogP contribution in [0.3, 0.4) is 0 Å². The van der Waals surface area contributed by atoms with Crippen molar-refractivity contribution < 1.29 is 14.4 Å². The van der Waals surface area contributed by atoms with Gasteiger partial charge in [0.05, 0.1) is 24.5 Å². The minimum atomic E-state index is -0.636. The summed E-state index contributed by atoms with van der Waals surface area (Å²) in [4.78, 5) is 4.50. The average molecular weight is 316 g/mol. The highest BCUT2D eigenvalue weighted by atomic mass is 16.5. The van der Waals surface area contributed by atoms with Crippen LogP contribution in [0.2, 0.25) is 0 Å². The number of aliphatic hydroxyl groups excluding tert-OH is 1. The van der Waals surface area contributed by atoms with E-state index in [4.69, 9.17) is 9.26 Å². The van der Waals surface area contributed by atoms with Crippen LogP contribution >= 0.6 is 0 Å². The number of rotatable bonds is 4. The molecule has 0 spiro atoms. The van der Waals surface area contributed by atoms with Gasteiger partial charge < -0.3 is 14.4 Å². The normalized spacial score (nSPS) is 23.1. The van der Waals surface area contributed by atoms with Crippen LogP contribution in [0.5, 0.6) is 0 Å². The minimum absolute atomic E-state index is 0.0332. The molecule has 0 saturated carbocycles. The van der Waals surface area contributed by atoms with Crippen LogP contribution in [0.1, 0.15) is 56.5 Å². The standard InChI is InChI=1S/C18H24N2O3/c1-18(2,3)16-13(9-10-22-16)17-19-15(23-20-17)11-14(21)12-7-5-4-6-8-12/h4-8,13-14,16,21H,9-11H2,1-3H3/t13-,14+,16-/m0/s1. The van der Waals surface area contributed by atoms with E-state index >= 15 is 0 Å². The fourth-order valence-electron chi connectivity index (χ4n) is 3.17. The van der Waals surface area contributed by atoms with Crippen molar-refractivity contribution >= 4 is 0 Å². The van der Waals surface area contributed by atoms with Crippen molar-refractivity contribution in [3.63, 3.8) is 0 Å². The maximum Gasteiger partial charge on any atom is 0.229 e.